The van der Waals surface area contributed by atoms with Gasteiger partial charge in [-0.1, -0.05) is 36.8 Å². The molecule has 0 radical (unpaired) electrons. The Kier molecular flexibility index (Phi) is 5.22. The van der Waals surface area contributed by atoms with Gasteiger partial charge >= 0.3 is 0 Å². The van der Waals surface area contributed by atoms with Gasteiger partial charge in [-0.15, -0.1) is 0 Å². The third kappa shape index (κ3) is 3.97. The maximum absolute atomic E-state index is 12.7. The molecule has 2 aliphatic rings. The minimum atomic E-state index is -0.0686. The number of aryl methyl sites for hydroxylation is 1. The monoisotopic (exact) mass is 328 g/mol. The summed E-state index contributed by atoms with van der Waals surface area (Å²) < 4.78 is 0. The van der Waals surface area contributed by atoms with Crippen molar-refractivity contribution in [3.63, 3.8) is 0 Å². The summed E-state index contributed by atoms with van der Waals surface area (Å²) in [6.45, 7) is 5.56. The number of nitrogens with one attached hydrogen (secondary N) is 1. The topological polar surface area (TPSA) is 49.4 Å². The zero-order valence-corrected chi connectivity index (χ0v) is 14.8. The molecule has 0 bridgehead atoms. The van der Waals surface area contributed by atoms with Crippen molar-refractivity contribution in [3.05, 3.63) is 35.4 Å². The fourth-order valence-electron chi connectivity index (χ4n) is 3.49. The number of piperidine rings is 1. The van der Waals surface area contributed by atoms with Crippen LogP contribution in [0.25, 0.3) is 0 Å². The fraction of sp³-hybridized carbons (Fsp3) is 0.600. The summed E-state index contributed by atoms with van der Waals surface area (Å²) in [6.07, 6.45) is 4.73. The van der Waals surface area contributed by atoms with Crippen molar-refractivity contribution in [1.29, 1.82) is 0 Å². The van der Waals surface area contributed by atoms with Crippen LogP contribution in [-0.4, -0.2) is 29.8 Å². The first-order valence-corrected chi connectivity index (χ1v) is 9.24. The van der Waals surface area contributed by atoms with Crippen molar-refractivity contribution in [1.82, 2.24) is 10.2 Å². The second-order valence-corrected chi connectivity index (χ2v) is 7.28. The lowest BCUT2D eigenvalue weighted by Gasteiger charge is -2.33. The van der Waals surface area contributed by atoms with Gasteiger partial charge in [0.15, 0.2) is 0 Å². The highest BCUT2D eigenvalue weighted by atomic mass is 16.2. The predicted octanol–water partition coefficient (Wildman–Crippen LogP) is 3.21. The van der Waals surface area contributed by atoms with E-state index >= 15 is 0 Å². The quantitative estimate of drug-likeness (QED) is 0.902. The lowest BCUT2D eigenvalue weighted by Crippen LogP contribution is -2.46. The van der Waals surface area contributed by atoms with E-state index in [1.165, 1.54) is 5.56 Å². The van der Waals surface area contributed by atoms with Crippen LogP contribution >= 0.6 is 0 Å². The Balaban J connectivity index is 1.60. The van der Waals surface area contributed by atoms with Crippen LogP contribution in [0.5, 0.6) is 0 Å². The molecular weight excluding hydrogens is 300 g/mol. The number of amides is 2. The molecule has 2 amide bonds. The molecule has 1 aromatic carbocycles. The molecule has 0 spiro atoms. The zero-order chi connectivity index (χ0) is 17.1. The zero-order valence-electron chi connectivity index (χ0n) is 14.8. The first kappa shape index (κ1) is 17.0. The Morgan fingerprint density at radius 2 is 1.88 bits per heavy atom. The smallest absolute Gasteiger partial charge is 0.225 e. The van der Waals surface area contributed by atoms with Gasteiger partial charge in [-0.3, -0.25) is 9.59 Å². The first-order chi connectivity index (χ1) is 11.6. The predicted molar refractivity (Wildman–Crippen MR) is 94.4 cm³/mol. The average Bonchev–Trinajstić information content (AvgIpc) is 3.45. The number of hydrogen-bond acceptors (Lipinski definition) is 2. The van der Waals surface area contributed by atoms with Gasteiger partial charge in [-0.2, -0.15) is 0 Å². The van der Waals surface area contributed by atoms with E-state index in [0.717, 1.165) is 44.2 Å². The molecule has 2 fully saturated rings. The van der Waals surface area contributed by atoms with Crippen LogP contribution in [0.4, 0.5) is 0 Å². The normalized spacial score (nSPS) is 22.1. The number of carbonyl (C=O) groups is 2. The summed E-state index contributed by atoms with van der Waals surface area (Å²) in [7, 11) is 0. The highest BCUT2D eigenvalue weighted by Gasteiger charge is 2.36. The molecule has 130 valence electrons. The van der Waals surface area contributed by atoms with E-state index in [1.807, 2.05) is 4.90 Å². The molecule has 1 aromatic rings. The lowest BCUT2D eigenvalue weighted by atomic mass is 9.95. The third-order valence-corrected chi connectivity index (χ3v) is 5.23. The second kappa shape index (κ2) is 7.37. The molecule has 1 N–H and O–H groups in total. The minimum Gasteiger partial charge on any atom is -0.349 e. The van der Waals surface area contributed by atoms with Gasteiger partial charge in [-0.05, 0) is 44.6 Å². The highest BCUT2D eigenvalue weighted by Crippen LogP contribution is 2.32. The third-order valence-electron chi connectivity index (χ3n) is 5.23. The second-order valence-electron chi connectivity index (χ2n) is 7.28. The number of likely N-dealkylation sites (tertiary alicyclic amines) is 1. The molecule has 1 heterocycles. The Morgan fingerprint density at radius 3 is 2.50 bits per heavy atom. The van der Waals surface area contributed by atoms with Gasteiger partial charge in [0, 0.05) is 19.0 Å². The minimum absolute atomic E-state index is 0.0487. The fourth-order valence-corrected chi connectivity index (χ4v) is 3.49. The standard InChI is InChI=1S/C20H28N2O2/c1-3-18(15-8-6-14(2)7-9-15)21-19(23)17-5-4-12-22(13-17)20(24)16-10-11-16/h6-9,16-18H,3-5,10-13H2,1-2H3,(H,21,23)/t17-,18+/m0/s1. The highest BCUT2D eigenvalue weighted by molar-refractivity contribution is 5.83. The van der Waals surface area contributed by atoms with Crippen molar-refractivity contribution in [2.45, 2.75) is 52.0 Å². The van der Waals surface area contributed by atoms with Crippen molar-refractivity contribution >= 4 is 11.8 Å². The summed E-state index contributed by atoms with van der Waals surface area (Å²) in [5, 5.41) is 3.20. The Labute approximate surface area is 144 Å². The molecule has 1 saturated heterocycles. The number of rotatable bonds is 5. The average molecular weight is 328 g/mol. The van der Waals surface area contributed by atoms with E-state index < -0.39 is 0 Å². The maximum atomic E-state index is 12.7. The molecule has 0 aromatic heterocycles. The van der Waals surface area contributed by atoms with Gasteiger partial charge < -0.3 is 10.2 Å². The summed E-state index contributed by atoms with van der Waals surface area (Å²) in [6, 6.07) is 8.40. The molecule has 1 aliphatic heterocycles. The van der Waals surface area contributed by atoms with Gasteiger partial charge in [0.05, 0.1) is 12.0 Å². The first-order valence-electron chi connectivity index (χ1n) is 9.24. The van der Waals surface area contributed by atoms with Gasteiger partial charge in [0.1, 0.15) is 0 Å². The Morgan fingerprint density at radius 1 is 1.17 bits per heavy atom. The SMILES string of the molecule is CC[C@@H](NC(=O)[C@H]1CCCN(C(=O)C2CC2)C1)c1ccc(C)cc1. The van der Waals surface area contributed by atoms with Crippen LogP contribution in [0, 0.1) is 18.8 Å². The maximum Gasteiger partial charge on any atom is 0.225 e. The number of carbonyl (C=O) groups excluding carboxylic acids is 2. The van der Waals surface area contributed by atoms with Crippen molar-refractivity contribution in [3.8, 4) is 0 Å². The summed E-state index contributed by atoms with van der Waals surface area (Å²) in [4.78, 5) is 26.9. The lowest BCUT2D eigenvalue weighted by molar-refractivity contribution is -0.137. The molecule has 1 saturated carbocycles. The van der Waals surface area contributed by atoms with Crippen molar-refractivity contribution in [2.24, 2.45) is 11.8 Å². The molecule has 4 nitrogen and oxygen atoms in total. The van der Waals surface area contributed by atoms with E-state index in [1.54, 1.807) is 0 Å². The van der Waals surface area contributed by atoms with E-state index in [-0.39, 0.29) is 29.7 Å². The van der Waals surface area contributed by atoms with E-state index in [2.05, 4.69) is 43.4 Å². The Bertz CT molecular complexity index is 592. The van der Waals surface area contributed by atoms with E-state index in [0.29, 0.717) is 6.54 Å². The van der Waals surface area contributed by atoms with Crippen molar-refractivity contribution in [2.75, 3.05) is 13.1 Å². The van der Waals surface area contributed by atoms with Crippen LogP contribution in [-0.2, 0) is 9.59 Å². The van der Waals surface area contributed by atoms with E-state index in [9.17, 15) is 9.59 Å². The molecule has 1 aliphatic carbocycles. The molecule has 4 heteroatoms. The molecular formula is C20H28N2O2. The number of nitrogens with zero attached hydrogens (tertiary/aromatic N) is 1. The Hall–Kier alpha value is -1.84. The molecule has 2 atom stereocenters. The van der Waals surface area contributed by atoms with Crippen LogP contribution in [0.1, 0.15) is 56.2 Å². The van der Waals surface area contributed by atoms with Gasteiger partial charge in [0.25, 0.3) is 0 Å². The largest absolute Gasteiger partial charge is 0.349 e. The summed E-state index contributed by atoms with van der Waals surface area (Å²) in [5.41, 5.74) is 2.37. The molecule has 3 rings (SSSR count). The van der Waals surface area contributed by atoms with Crippen molar-refractivity contribution < 1.29 is 9.59 Å². The number of hydrogen-bond donors (Lipinski definition) is 1. The van der Waals surface area contributed by atoms with Crippen LogP contribution in [0.15, 0.2) is 24.3 Å². The van der Waals surface area contributed by atoms with Gasteiger partial charge in [0.2, 0.25) is 11.8 Å². The van der Waals surface area contributed by atoms with Crippen LogP contribution < -0.4 is 5.32 Å². The molecule has 24 heavy (non-hydrogen) atoms. The van der Waals surface area contributed by atoms with Crippen LogP contribution in [0.3, 0.4) is 0 Å². The van der Waals surface area contributed by atoms with Gasteiger partial charge in [-0.25, -0.2) is 0 Å². The van der Waals surface area contributed by atoms with Crippen LogP contribution in [0.2, 0.25) is 0 Å². The molecule has 0 unspecified atom stereocenters. The van der Waals surface area contributed by atoms with E-state index in [4.69, 9.17) is 0 Å². The summed E-state index contributed by atoms with van der Waals surface area (Å²) >= 11 is 0. The summed E-state index contributed by atoms with van der Waals surface area (Å²) in [5.74, 6) is 0.525. The number of benzene rings is 1.